The molecule has 0 saturated heterocycles. The van der Waals surface area contributed by atoms with Crippen LogP contribution < -0.4 is 10.1 Å². The molecule has 0 amide bonds. The summed E-state index contributed by atoms with van der Waals surface area (Å²) >= 11 is 0. The van der Waals surface area contributed by atoms with Gasteiger partial charge in [-0.05, 0) is 30.2 Å². The fourth-order valence-electron chi connectivity index (χ4n) is 2.56. The number of benzene rings is 2. The number of hydrogen-bond donors (Lipinski definition) is 1. The minimum atomic E-state index is 0.436. The Bertz CT molecular complexity index is 547. The van der Waals surface area contributed by atoms with Gasteiger partial charge in [0.2, 0.25) is 0 Å². The van der Waals surface area contributed by atoms with E-state index >= 15 is 0 Å². The molecule has 1 N–H and O–H groups in total. The Labute approximate surface area is 114 Å². The van der Waals surface area contributed by atoms with Gasteiger partial charge >= 0.3 is 0 Å². The first-order valence-electron chi connectivity index (χ1n) is 6.81. The zero-order chi connectivity index (χ0) is 13.1. The van der Waals surface area contributed by atoms with Gasteiger partial charge in [0, 0.05) is 19.0 Å². The van der Waals surface area contributed by atoms with Crippen LogP contribution in [0.2, 0.25) is 0 Å². The van der Waals surface area contributed by atoms with Gasteiger partial charge in [-0.25, -0.2) is 0 Å². The van der Waals surface area contributed by atoms with Crippen molar-refractivity contribution >= 4 is 0 Å². The van der Waals surface area contributed by atoms with Crippen LogP contribution in [0.3, 0.4) is 0 Å². The van der Waals surface area contributed by atoms with Crippen molar-refractivity contribution in [1.82, 2.24) is 5.32 Å². The molecule has 3 rings (SSSR count). The first-order chi connectivity index (χ1) is 9.33. The van der Waals surface area contributed by atoms with E-state index in [4.69, 9.17) is 4.74 Å². The van der Waals surface area contributed by atoms with E-state index < -0.39 is 0 Å². The minimum Gasteiger partial charge on any atom is -0.493 e. The van der Waals surface area contributed by atoms with Crippen molar-refractivity contribution in [2.24, 2.45) is 0 Å². The van der Waals surface area contributed by atoms with Gasteiger partial charge in [-0.3, -0.25) is 0 Å². The third kappa shape index (κ3) is 2.79. The molecular formula is C17H19NO. The number of hydrogen-bond acceptors (Lipinski definition) is 2. The Hall–Kier alpha value is -1.80. The summed E-state index contributed by atoms with van der Waals surface area (Å²) in [5.41, 5.74) is 4.08. The zero-order valence-corrected chi connectivity index (χ0v) is 11.2. The van der Waals surface area contributed by atoms with Gasteiger partial charge in [0.15, 0.2) is 0 Å². The predicted molar refractivity (Wildman–Crippen MR) is 77.6 cm³/mol. The van der Waals surface area contributed by atoms with E-state index in [0.29, 0.717) is 5.92 Å². The van der Waals surface area contributed by atoms with Crippen LogP contribution in [0.1, 0.15) is 22.6 Å². The molecule has 98 valence electrons. The van der Waals surface area contributed by atoms with E-state index in [9.17, 15) is 0 Å². The first kappa shape index (κ1) is 12.2. The number of ether oxygens (including phenoxy) is 1. The summed E-state index contributed by atoms with van der Waals surface area (Å²) in [5.74, 6) is 1.39. The van der Waals surface area contributed by atoms with E-state index in [0.717, 1.165) is 25.4 Å². The van der Waals surface area contributed by atoms with Gasteiger partial charge in [0.1, 0.15) is 5.75 Å². The fourth-order valence-corrected chi connectivity index (χ4v) is 2.56. The van der Waals surface area contributed by atoms with Crippen molar-refractivity contribution in [3.05, 3.63) is 65.2 Å². The van der Waals surface area contributed by atoms with Crippen LogP contribution in [0.25, 0.3) is 0 Å². The summed E-state index contributed by atoms with van der Waals surface area (Å²) in [6.45, 7) is 4.78. The number of aryl methyl sites for hydroxylation is 1. The molecule has 2 nitrogen and oxygen atoms in total. The maximum Gasteiger partial charge on any atom is 0.119 e. The van der Waals surface area contributed by atoms with Gasteiger partial charge in [0.25, 0.3) is 0 Å². The molecule has 0 spiro atoms. The van der Waals surface area contributed by atoms with E-state index in [1.54, 1.807) is 0 Å². The third-order valence-electron chi connectivity index (χ3n) is 3.67. The zero-order valence-electron chi connectivity index (χ0n) is 11.2. The first-order valence-corrected chi connectivity index (χ1v) is 6.81. The SMILES string of the molecule is Cc1ccc(OCC2CNCc3ccccc32)cc1. The van der Waals surface area contributed by atoms with Gasteiger partial charge in [-0.1, -0.05) is 42.0 Å². The molecular weight excluding hydrogens is 234 g/mol. The summed E-state index contributed by atoms with van der Waals surface area (Å²) < 4.78 is 5.92. The molecule has 2 heteroatoms. The van der Waals surface area contributed by atoms with E-state index in [1.165, 1.54) is 16.7 Å². The smallest absolute Gasteiger partial charge is 0.119 e. The molecule has 0 aromatic heterocycles. The molecule has 0 aliphatic carbocycles. The average Bonchev–Trinajstić information content (AvgIpc) is 2.47. The Morgan fingerprint density at radius 2 is 1.89 bits per heavy atom. The molecule has 2 aromatic rings. The largest absolute Gasteiger partial charge is 0.493 e. The lowest BCUT2D eigenvalue weighted by Crippen LogP contribution is -2.31. The Morgan fingerprint density at radius 1 is 1.11 bits per heavy atom. The maximum absolute atomic E-state index is 5.92. The van der Waals surface area contributed by atoms with E-state index in [-0.39, 0.29) is 0 Å². The lowest BCUT2D eigenvalue weighted by atomic mass is 9.91. The highest BCUT2D eigenvalue weighted by atomic mass is 16.5. The van der Waals surface area contributed by atoms with Crippen molar-refractivity contribution in [3.8, 4) is 5.75 Å². The van der Waals surface area contributed by atoms with Crippen LogP contribution in [-0.2, 0) is 6.54 Å². The summed E-state index contributed by atoms with van der Waals surface area (Å²) in [5, 5.41) is 3.46. The van der Waals surface area contributed by atoms with Gasteiger partial charge < -0.3 is 10.1 Å². The number of fused-ring (bicyclic) bond motifs is 1. The molecule has 1 unspecified atom stereocenters. The maximum atomic E-state index is 5.92. The molecule has 1 atom stereocenters. The second kappa shape index (κ2) is 5.45. The molecule has 2 aromatic carbocycles. The average molecular weight is 253 g/mol. The van der Waals surface area contributed by atoms with Crippen LogP contribution in [0.4, 0.5) is 0 Å². The Balaban J connectivity index is 1.69. The molecule has 0 radical (unpaired) electrons. The highest BCUT2D eigenvalue weighted by molar-refractivity contribution is 5.33. The van der Waals surface area contributed by atoms with Crippen molar-refractivity contribution in [2.75, 3.05) is 13.2 Å². The standard InChI is InChI=1S/C17H19NO/c1-13-6-8-16(9-7-13)19-12-15-11-18-10-14-4-2-3-5-17(14)15/h2-9,15,18H,10-12H2,1H3. The summed E-state index contributed by atoms with van der Waals surface area (Å²) in [6, 6.07) is 16.9. The molecule has 19 heavy (non-hydrogen) atoms. The summed E-state index contributed by atoms with van der Waals surface area (Å²) in [6.07, 6.45) is 0. The van der Waals surface area contributed by atoms with Crippen LogP contribution in [0.15, 0.2) is 48.5 Å². The lowest BCUT2D eigenvalue weighted by Gasteiger charge is -2.26. The van der Waals surface area contributed by atoms with E-state index in [1.807, 2.05) is 12.1 Å². The van der Waals surface area contributed by atoms with Gasteiger partial charge in [-0.15, -0.1) is 0 Å². The second-order valence-corrected chi connectivity index (χ2v) is 5.15. The molecule has 1 aliphatic rings. The lowest BCUT2D eigenvalue weighted by molar-refractivity contribution is 0.278. The van der Waals surface area contributed by atoms with E-state index in [2.05, 4.69) is 48.6 Å². The summed E-state index contributed by atoms with van der Waals surface area (Å²) in [7, 11) is 0. The molecule has 1 aliphatic heterocycles. The normalized spacial score (nSPS) is 17.8. The Kier molecular flexibility index (Phi) is 3.51. The van der Waals surface area contributed by atoms with Crippen LogP contribution in [0.5, 0.6) is 5.75 Å². The molecule has 0 fully saturated rings. The van der Waals surface area contributed by atoms with Crippen molar-refractivity contribution in [3.63, 3.8) is 0 Å². The molecule has 1 heterocycles. The van der Waals surface area contributed by atoms with Crippen LogP contribution >= 0.6 is 0 Å². The van der Waals surface area contributed by atoms with Crippen LogP contribution in [0, 0.1) is 6.92 Å². The Morgan fingerprint density at radius 3 is 2.74 bits per heavy atom. The predicted octanol–water partition coefficient (Wildman–Crippen LogP) is 3.26. The number of nitrogens with one attached hydrogen (secondary N) is 1. The minimum absolute atomic E-state index is 0.436. The topological polar surface area (TPSA) is 21.3 Å². The fraction of sp³-hybridized carbons (Fsp3) is 0.294. The van der Waals surface area contributed by atoms with Crippen molar-refractivity contribution < 1.29 is 4.74 Å². The van der Waals surface area contributed by atoms with Crippen LogP contribution in [-0.4, -0.2) is 13.2 Å². The molecule has 0 saturated carbocycles. The van der Waals surface area contributed by atoms with Crippen molar-refractivity contribution in [2.45, 2.75) is 19.4 Å². The second-order valence-electron chi connectivity index (χ2n) is 5.15. The van der Waals surface area contributed by atoms with Gasteiger partial charge in [-0.2, -0.15) is 0 Å². The monoisotopic (exact) mass is 253 g/mol. The number of rotatable bonds is 3. The highest BCUT2D eigenvalue weighted by Crippen LogP contribution is 2.24. The molecule has 0 bridgehead atoms. The third-order valence-corrected chi connectivity index (χ3v) is 3.67. The highest BCUT2D eigenvalue weighted by Gasteiger charge is 2.19. The van der Waals surface area contributed by atoms with Gasteiger partial charge in [0.05, 0.1) is 6.61 Å². The van der Waals surface area contributed by atoms with Crippen molar-refractivity contribution in [1.29, 1.82) is 0 Å². The summed E-state index contributed by atoms with van der Waals surface area (Å²) in [4.78, 5) is 0. The quantitative estimate of drug-likeness (QED) is 0.906.